The highest BCUT2D eigenvalue weighted by atomic mass is 32.2. The SMILES string of the molecule is CC(CCNS(=O)(=O)c1[nH]ncc1CO)c1ccccc1. The second kappa shape index (κ2) is 6.84. The van der Waals surface area contributed by atoms with Crippen LogP contribution in [0.1, 0.15) is 30.4 Å². The van der Waals surface area contributed by atoms with Crippen LogP contribution in [-0.2, 0) is 16.6 Å². The van der Waals surface area contributed by atoms with Gasteiger partial charge in [-0.2, -0.15) is 5.10 Å². The minimum atomic E-state index is -3.67. The summed E-state index contributed by atoms with van der Waals surface area (Å²) in [4.78, 5) is 0. The average molecular weight is 309 g/mol. The first-order valence-corrected chi connectivity index (χ1v) is 8.20. The molecule has 1 atom stereocenters. The van der Waals surface area contributed by atoms with Crippen molar-refractivity contribution in [3.05, 3.63) is 47.7 Å². The zero-order valence-electron chi connectivity index (χ0n) is 11.8. The molecule has 0 radical (unpaired) electrons. The first-order chi connectivity index (χ1) is 10.0. The molecule has 0 spiro atoms. The average Bonchev–Trinajstić information content (AvgIpc) is 2.97. The number of H-pyrrole nitrogens is 1. The highest BCUT2D eigenvalue weighted by Gasteiger charge is 2.20. The van der Waals surface area contributed by atoms with Gasteiger partial charge in [0.1, 0.15) is 0 Å². The van der Waals surface area contributed by atoms with Gasteiger partial charge in [0.05, 0.1) is 12.8 Å². The number of aromatic nitrogens is 2. The summed E-state index contributed by atoms with van der Waals surface area (Å²) in [5, 5.41) is 15.1. The van der Waals surface area contributed by atoms with Crippen LogP contribution in [0.2, 0.25) is 0 Å². The number of hydrogen-bond donors (Lipinski definition) is 3. The summed E-state index contributed by atoms with van der Waals surface area (Å²) < 4.78 is 26.7. The molecule has 0 aliphatic heterocycles. The van der Waals surface area contributed by atoms with Gasteiger partial charge >= 0.3 is 0 Å². The number of benzene rings is 1. The molecule has 1 aromatic heterocycles. The lowest BCUT2D eigenvalue weighted by molar-refractivity contribution is 0.278. The van der Waals surface area contributed by atoms with E-state index in [1.807, 2.05) is 30.3 Å². The fraction of sp³-hybridized carbons (Fsp3) is 0.357. The molecule has 1 unspecified atom stereocenters. The predicted molar refractivity (Wildman–Crippen MR) is 79.2 cm³/mol. The Morgan fingerprint density at radius 1 is 1.33 bits per heavy atom. The number of aliphatic hydroxyl groups excluding tert-OH is 1. The molecule has 0 bridgehead atoms. The number of hydrogen-bond acceptors (Lipinski definition) is 4. The monoisotopic (exact) mass is 309 g/mol. The molecule has 114 valence electrons. The van der Waals surface area contributed by atoms with Crippen molar-refractivity contribution in [1.29, 1.82) is 0 Å². The third kappa shape index (κ3) is 3.90. The largest absolute Gasteiger partial charge is 0.392 e. The highest BCUT2D eigenvalue weighted by molar-refractivity contribution is 7.89. The van der Waals surface area contributed by atoms with Crippen molar-refractivity contribution in [2.24, 2.45) is 0 Å². The number of rotatable bonds is 7. The molecule has 21 heavy (non-hydrogen) atoms. The lowest BCUT2D eigenvalue weighted by Gasteiger charge is -2.12. The van der Waals surface area contributed by atoms with Gasteiger partial charge in [-0.25, -0.2) is 13.1 Å². The van der Waals surface area contributed by atoms with Gasteiger partial charge in [-0.3, -0.25) is 5.10 Å². The molecular formula is C14H19N3O3S. The van der Waals surface area contributed by atoms with E-state index in [0.29, 0.717) is 13.0 Å². The molecule has 0 aliphatic carbocycles. The molecule has 0 fully saturated rings. The van der Waals surface area contributed by atoms with Gasteiger partial charge < -0.3 is 5.11 Å². The fourth-order valence-corrected chi connectivity index (χ4v) is 3.24. The van der Waals surface area contributed by atoms with Crippen molar-refractivity contribution < 1.29 is 13.5 Å². The summed E-state index contributed by atoms with van der Waals surface area (Å²) in [6.45, 7) is 2.01. The summed E-state index contributed by atoms with van der Waals surface area (Å²) >= 11 is 0. The molecule has 2 rings (SSSR count). The summed E-state index contributed by atoms with van der Waals surface area (Å²) in [6, 6.07) is 9.94. The van der Waals surface area contributed by atoms with Crippen LogP contribution in [-0.4, -0.2) is 30.3 Å². The Morgan fingerprint density at radius 3 is 2.71 bits per heavy atom. The predicted octanol–water partition coefficient (Wildman–Crippen LogP) is 1.37. The number of nitrogens with one attached hydrogen (secondary N) is 2. The molecule has 7 heteroatoms. The molecule has 0 aliphatic rings. The normalized spacial score (nSPS) is 13.2. The van der Waals surface area contributed by atoms with E-state index in [4.69, 9.17) is 5.11 Å². The summed E-state index contributed by atoms with van der Waals surface area (Å²) in [7, 11) is -3.67. The van der Waals surface area contributed by atoms with Crippen LogP contribution in [0.25, 0.3) is 0 Å². The minimum absolute atomic E-state index is 0.0719. The van der Waals surface area contributed by atoms with Crippen molar-refractivity contribution >= 4 is 10.0 Å². The van der Waals surface area contributed by atoms with Crippen LogP contribution in [0.3, 0.4) is 0 Å². The number of sulfonamides is 1. The quantitative estimate of drug-likeness (QED) is 0.720. The second-order valence-corrected chi connectivity index (χ2v) is 6.58. The maximum Gasteiger partial charge on any atom is 0.257 e. The Kier molecular flexibility index (Phi) is 5.11. The van der Waals surface area contributed by atoms with Gasteiger partial charge in [0.25, 0.3) is 10.0 Å². The van der Waals surface area contributed by atoms with Gasteiger partial charge in [0.2, 0.25) is 0 Å². The highest BCUT2D eigenvalue weighted by Crippen LogP contribution is 2.18. The molecule has 0 saturated carbocycles. The topological polar surface area (TPSA) is 95.1 Å². The molecular weight excluding hydrogens is 290 g/mol. The summed E-state index contributed by atoms with van der Waals surface area (Å²) in [5.41, 5.74) is 1.44. The minimum Gasteiger partial charge on any atom is -0.392 e. The number of aromatic amines is 1. The standard InChI is InChI=1S/C14H19N3O3S/c1-11(12-5-3-2-4-6-12)7-8-16-21(19,20)14-13(10-18)9-15-17-14/h2-6,9,11,16,18H,7-8,10H2,1H3,(H,15,17). The number of nitrogens with zero attached hydrogens (tertiary/aromatic N) is 1. The first kappa shape index (κ1) is 15.7. The third-order valence-electron chi connectivity index (χ3n) is 3.36. The second-order valence-electron chi connectivity index (χ2n) is 4.88. The Bertz CT molecular complexity index is 668. The molecule has 3 N–H and O–H groups in total. The Labute approximate surface area is 124 Å². The van der Waals surface area contributed by atoms with Crippen molar-refractivity contribution in [2.45, 2.75) is 30.9 Å². The van der Waals surface area contributed by atoms with Crippen molar-refractivity contribution in [3.8, 4) is 0 Å². The number of aliphatic hydroxyl groups is 1. The van der Waals surface area contributed by atoms with Crippen molar-refractivity contribution in [2.75, 3.05) is 6.54 Å². The van der Waals surface area contributed by atoms with Crippen LogP contribution in [0.4, 0.5) is 0 Å². The maximum atomic E-state index is 12.1. The van der Waals surface area contributed by atoms with Crippen LogP contribution in [0.15, 0.2) is 41.6 Å². The zero-order chi connectivity index (χ0) is 15.3. The van der Waals surface area contributed by atoms with E-state index in [2.05, 4.69) is 21.8 Å². The van der Waals surface area contributed by atoms with E-state index in [1.165, 1.54) is 11.8 Å². The van der Waals surface area contributed by atoms with E-state index in [1.54, 1.807) is 0 Å². The molecule has 6 nitrogen and oxygen atoms in total. The van der Waals surface area contributed by atoms with Gasteiger partial charge in [0, 0.05) is 12.1 Å². The van der Waals surface area contributed by atoms with E-state index in [0.717, 1.165) is 0 Å². The molecule has 1 heterocycles. The Hall–Kier alpha value is -1.70. The van der Waals surface area contributed by atoms with E-state index < -0.39 is 10.0 Å². The lowest BCUT2D eigenvalue weighted by Crippen LogP contribution is -2.26. The van der Waals surface area contributed by atoms with E-state index in [9.17, 15) is 8.42 Å². The molecule has 0 saturated heterocycles. The van der Waals surface area contributed by atoms with Gasteiger partial charge in [-0.1, -0.05) is 37.3 Å². The lowest BCUT2D eigenvalue weighted by atomic mass is 9.98. The smallest absolute Gasteiger partial charge is 0.257 e. The zero-order valence-corrected chi connectivity index (χ0v) is 12.6. The van der Waals surface area contributed by atoms with Crippen LogP contribution in [0, 0.1) is 0 Å². The van der Waals surface area contributed by atoms with E-state index >= 15 is 0 Å². The van der Waals surface area contributed by atoms with Crippen LogP contribution in [0.5, 0.6) is 0 Å². The summed E-state index contributed by atoms with van der Waals surface area (Å²) in [6.07, 6.45) is 1.99. The van der Waals surface area contributed by atoms with E-state index in [-0.39, 0.29) is 23.1 Å². The molecule has 2 aromatic rings. The van der Waals surface area contributed by atoms with Crippen molar-refractivity contribution in [1.82, 2.24) is 14.9 Å². The first-order valence-electron chi connectivity index (χ1n) is 6.72. The van der Waals surface area contributed by atoms with Crippen molar-refractivity contribution in [3.63, 3.8) is 0 Å². The molecule has 1 aromatic carbocycles. The van der Waals surface area contributed by atoms with Gasteiger partial charge in [-0.05, 0) is 17.9 Å². The van der Waals surface area contributed by atoms with Crippen LogP contribution < -0.4 is 4.72 Å². The van der Waals surface area contributed by atoms with Gasteiger partial charge in [-0.15, -0.1) is 0 Å². The third-order valence-corrected chi connectivity index (χ3v) is 4.83. The maximum absolute atomic E-state index is 12.1. The fourth-order valence-electron chi connectivity index (χ4n) is 2.07. The van der Waals surface area contributed by atoms with Gasteiger partial charge in [0.15, 0.2) is 5.03 Å². The van der Waals surface area contributed by atoms with Crippen LogP contribution >= 0.6 is 0 Å². The summed E-state index contributed by atoms with van der Waals surface area (Å²) in [5.74, 6) is 0.257. The Morgan fingerprint density at radius 2 is 2.05 bits per heavy atom. The Balaban J connectivity index is 1.94. The molecule has 0 amide bonds.